The number of nitrogens with zero attached hydrogens (tertiary/aromatic N) is 1. The SMILES string of the molecule is O=C(O)CCCNC(=O)Nc1ccc2oc(C3CC3)nc2c1. The largest absolute Gasteiger partial charge is 0.481 e. The predicted molar refractivity (Wildman–Crippen MR) is 79.9 cm³/mol. The van der Waals surface area contributed by atoms with E-state index >= 15 is 0 Å². The molecule has 1 aromatic carbocycles. The van der Waals surface area contributed by atoms with E-state index in [-0.39, 0.29) is 12.5 Å². The smallest absolute Gasteiger partial charge is 0.319 e. The summed E-state index contributed by atoms with van der Waals surface area (Å²) in [6, 6.07) is 4.94. The Hall–Kier alpha value is -2.57. The Labute approximate surface area is 126 Å². The number of urea groups is 1. The zero-order valence-electron chi connectivity index (χ0n) is 12.0. The summed E-state index contributed by atoms with van der Waals surface area (Å²) in [5, 5.41) is 13.8. The molecule has 1 aliphatic carbocycles. The lowest BCUT2D eigenvalue weighted by Gasteiger charge is -2.06. The van der Waals surface area contributed by atoms with E-state index in [4.69, 9.17) is 9.52 Å². The first-order chi connectivity index (χ1) is 10.6. The molecule has 7 nitrogen and oxygen atoms in total. The van der Waals surface area contributed by atoms with Gasteiger partial charge in [0.05, 0.1) is 0 Å². The number of anilines is 1. The van der Waals surface area contributed by atoms with Crippen LogP contribution < -0.4 is 10.6 Å². The highest BCUT2D eigenvalue weighted by Crippen LogP contribution is 2.40. The van der Waals surface area contributed by atoms with Crippen molar-refractivity contribution in [1.29, 1.82) is 0 Å². The van der Waals surface area contributed by atoms with Gasteiger partial charge in [0.1, 0.15) is 5.52 Å². The monoisotopic (exact) mass is 303 g/mol. The minimum atomic E-state index is -0.870. The number of oxazole rings is 1. The topological polar surface area (TPSA) is 104 Å². The number of hydrogen-bond acceptors (Lipinski definition) is 4. The molecule has 0 saturated heterocycles. The Morgan fingerprint density at radius 2 is 2.18 bits per heavy atom. The number of fused-ring (bicyclic) bond motifs is 1. The van der Waals surface area contributed by atoms with Crippen molar-refractivity contribution in [2.75, 3.05) is 11.9 Å². The molecule has 22 heavy (non-hydrogen) atoms. The third-order valence-electron chi connectivity index (χ3n) is 3.44. The maximum atomic E-state index is 11.7. The van der Waals surface area contributed by atoms with Gasteiger partial charge in [0, 0.05) is 24.6 Å². The molecule has 0 aliphatic heterocycles. The molecule has 0 unspecified atom stereocenters. The molecule has 1 saturated carbocycles. The van der Waals surface area contributed by atoms with E-state index < -0.39 is 5.97 Å². The predicted octanol–water partition coefficient (Wildman–Crippen LogP) is 2.69. The van der Waals surface area contributed by atoms with Crippen molar-refractivity contribution in [2.45, 2.75) is 31.6 Å². The number of carbonyl (C=O) groups excluding carboxylic acids is 1. The summed E-state index contributed by atoms with van der Waals surface area (Å²) in [5.41, 5.74) is 2.07. The Kier molecular flexibility index (Phi) is 3.95. The molecule has 1 aliphatic rings. The molecule has 0 atom stereocenters. The lowest BCUT2D eigenvalue weighted by molar-refractivity contribution is -0.137. The first kappa shape index (κ1) is 14.4. The number of benzene rings is 1. The van der Waals surface area contributed by atoms with Gasteiger partial charge in [-0.1, -0.05) is 0 Å². The van der Waals surface area contributed by atoms with Crippen LogP contribution in [0.2, 0.25) is 0 Å². The molecule has 3 N–H and O–H groups in total. The van der Waals surface area contributed by atoms with Gasteiger partial charge >= 0.3 is 12.0 Å². The van der Waals surface area contributed by atoms with Crippen molar-refractivity contribution in [2.24, 2.45) is 0 Å². The van der Waals surface area contributed by atoms with E-state index in [1.165, 1.54) is 0 Å². The van der Waals surface area contributed by atoms with Gasteiger partial charge in [-0.15, -0.1) is 0 Å². The molecule has 7 heteroatoms. The van der Waals surface area contributed by atoms with Crippen LogP contribution in [0.4, 0.5) is 10.5 Å². The van der Waals surface area contributed by atoms with E-state index in [0.29, 0.717) is 30.2 Å². The number of amides is 2. The summed E-state index contributed by atoms with van der Waals surface area (Å²) >= 11 is 0. The molecule has 2 amide bonds. The number of carboxylic acid groups (broad SMARTS) is 1. The van der Waals surface area contributed by atoms with Gasteiger partial charge < -0.3 is 20.2 Å². The third kappa shape index (κ3) is 3.55. The van der Waals surface area contributed by atoms with Gasteiger partial charge in [-0.25, -0.2) is 9.78 Å². The fourth-order valence-corrected chi connectivity index (χ4v) is 2.14. The maximum Gasteiger partial charge on any atom is 0.319 e. The van der Waals surface area contributed by atoms with Crippen LogP contribution in [0.1, 0.15) is 37.5 Å². The Balaban J connectivity index is 1.56. The van der Waals surface area contributed by atoms with E-state index in [1.54, 1.807) is 18.2 Å². The summed E-state index contributed by atoms with van der Waals surface area (Å²) in [4.78, 5) is 26.5. The Bertz CT molecular complexity index is 706. The molecule has 0 radical (unpaired) electrons. The van der Waals surface area contributed by atoms with Gasteiger partial charge in [-0.05, 0) is 37.5 Å². The van der Waals surface area contributed by atoms with Crippen molar-refractivity contribution in [3.63, 3.8) is 0 Å². The van der Waals surface area contributed by atoms with Crippen LogP contribution in [0.3, 0.4) is 0 Å². The van der Waals surface area contributed by atoms with E-state index in [1.807, 2.05) is 0 Å². The first-order valence-electron chi connectivity index (χ1n) is 7.29. The lowest BCUT2D eigenvalue weighted by atomic mass is 10.3. The van der Waals surface area contributed by atoms with Crippen molar-refractivity contribution in [1.82, 2.24) is 10.3 Å². The molecule has 1 aromatic heterocycles. The number of aromatic nitrogens is 1. The second kappa shape index (κ2) is 6.05. The minimum absolute atomic E-state index is 0.0368. The number of carboxylic acids is 1. The van der Waals surface area contributed by atoms with Gasteiger partial charge in [0.25, 0.3) is 0 Å². The van der Waals surface area contributed by atoms with Crippen LogP contribution in [0.15, 0.2) is 22.6 Å². The van der Waals surface area contributed by atoms with Crippen molar-refractivity contribution >= 4 is 28.8 Å². The highest BCUT2D eigenvalue weighted by Gasteiger charge is 2.28. The summed E-state index contributed by atoms with van der Waals surface area (Å²) in [5.74, 6) is 0.344. The van der Waals surface area contributed by atoms with Gasteiger partial charge in [-0.3, -0.25) is 4.79 Å². The Morgan fingerprint density at radius 1 is 1.36 bits per heavy atom. The summed E-state index contributed by atoms with van der Waals surface area (Å²) in [6.45, 7) is 0.316. The van der Waals surface area contributed by atoms with E-state index in [2.05, 4.69) is 15.6 Å². The average Bonchev–Trinajstić information content (AvgIpc) is 3.23. The quantitative estimate of drug-likeness (QED) is 0.712. The molecule has 0 spiro atoms. The van der Waals surface area contributed by atoms with E-state index in [9.17, 15) is 9.59 Å². The number of hydrogen-bond donors (Lipinski definition) is 3. The molecule has 0 bridgehead atoms. The number of carbonyl (C=O) groups is 2. The highest BCUT2D eigenvalue weighted by atomic mass is 16.4. The van der Waals surface area contributed by atoms with Crippen LogP contribution in [-0.2, 0) is 4.79 Å². The fourth-order valence-electron chi connectivity index (χ4n) is 2.14. The van der Waals surface area contributed by atoms with Gasteiger partial charge in [-0.2, -0.15) is 0 Å². The number of rotatable bonds is 6. The zero-order valence-corrected chi connectivity index (χ0v) is 12.0. The fraction of sp³-hybridized carbons (Fsp3) is 0.400. The third-order valence-corrected chi connectivity index (χ3v) is 3.44. The highest BCUT2D eigenvalue weighted by molar-refractivity contribution is 5.91. The molecular formula is C15H17N3O4. The van der Waals surface area contributed by atoms with Crippen LogP contribution in [0.25, 0.3) is 11.1 Å². The summed E-state index contributed by atoms with van der Waals surface area (Å²) in [6.07, 6.45) is 2.68. The van der Waals surface area contributed by atoms with Crippen molar-refractivity contribution < 1.29 is 19.1 Å². The van der Waals surface area contributed by atoms with Crippen molar-refractivity contribution in [3.8, 4) is 0 Å². The normalized spacial score (nSPS) is 14.0. The van der Waals surface area contributed by atoms with Crippen LogP contribution >= 0.6 is 0 Å². The minimum Gasteiger partial charge on any atom is -0.481 e. The molecule has 3 rings (SSSR count). The standard InChI is InChI=1S/C15H17N3O4/c19-13(20)2-1-7-16-15(21)17-10-5-6-12-11(8-10)18-14(22-12)9-3-4-9/h5-6,8-9H,1-4,7H2,(H,19,20)(H2,16,17,21). The van der Waals surface area contributed by atoms with Crippen LogP contribution in [0, 0.1) is 0 Å². The Morgan fingerprint density at radius 3 is 2.91 bits per heavy atom. The second-order valence-corrected chi connectivity index (χ2v) is 5.39. The van der Waals surface area contributed by atoms with Crippen molar-refractivity contribution in [3.05, 3.63) is 24.1 Å². The van der Waals surface area contributed by atoms with Gasteiger partial charge in [0.2, 0.25) is 0 Å². The number of aliphatic carboxylic acids is 1. The maximum absolute atomic E-state index is 11.7. The van der Waals surface area contributed by atoms with E-state index in [0.717, 1.165) is 24.2 Å². The molecule has 1 heterocycles. The molecular weight excluding hydrogens is 286 g/mol. The lowest BCUT2D eigenvalue weighted by Crippen LogP contribution is -2.29. The summed E-state index contributed by atoms with van der Waals surface area (Å²) < 4.78 is 5.66. The molecule has 1 fully saturated rings. The zero-order chi connectivity index (χ0) is 15.5. The average molecular weight is 303 g/mol. The molecule has 116 valence electrons. The van der Waals surface area contributed by atoms with Crippen LogP contribution in [-0.4, -0.2) is 28.6 Å². The van der Waals surface area contributed by atoms with Crippen LogP contribution in [0.5, 0.6) is 0 Å². The second-order valence-electron chi connectivity index (χ2n) is 5.39. The van der Waals surface area contributed by atoms with Gasteiger partial charge in [0.15, 0.2) is 11.5 Å². The molecule has 2 aromatic rings. The first-order valence-corrected chi connectivity index (χ1v) is 7.29. The summed E-state index contributed by atoms with van der Waals surface area (Å²) in [7, 11) is 0. The number of nitrogens with one attached hydrogen (secondary N) is 2.